The fourth-order valence-corrected chi connectivity index (χ4v) is 4.85. The van der Waals surface area contributed by atoms with Gasteiger partial charge in [0.15, 0.2) is 0 Å². The number of hydrogen-bond donors (Lipinski definition) is 1. The Kier molecular flexibility index (Phi) is 4.02. The first-order valence-electron chi connectivity index (χ1n) is 7.09. The van der Waals surface area contributed by atoms with Gasteiger partial charge in [-0.3, -0.25) is 4.68 Å². The summed E-state index contributed by atoms with van der Waals surface area (Å²) in [4.78, 5) is 1.54. The Hall–Kier alpha value is -0.650. The molecule has 0 saturated heterocycles. The van der Waals surface area contributed by atoms with Crippen LogP contribution < -0.4 is 5.32 Å². The van der Waals surface area contributed by atoms with E-state index in [1.807, 2.05) is 29.3 Å². The largest absolute Gasteiger partial charge is 0.303 e. The molecule has 20 heavy (non-hydrogen) atoms. The highest BCUT2D eigenvalue weighted by atomic mass is 79.9. The topological polar surface area (TPSA) is 29.9 Å². The molecule has 2 aromatic rings. The number of aryl methyl sites for hydroxylation is 2. The summed E-state index contributed by atoms with van der Waals surface area (Å²) in [5.74, 6) is 0. The highest BCUT2D eigenvalue weighted by molar-refractivity contribution is 9.11. The van der Waals surface area contributed by atoms with Crippen LogP contribution in [0.1, 0.15) is 53.5 Å². The number of thiophene rings is 1. The third kappa shape index (κ3) is 2.59. The monoisotopic (exact) mass is 353 g/mol. The summed E-state index contributed by atoms with van der Waals surface area (Å²) in [6.07, 6.45) is 5.71. The Labute approximate surface area is 132 Å². The number of halogens is 1. The van der Waals surface area contributed by atoms with Gasteiger partial charge in [0.05, 0.1) is 9.98 Å². The summed E-state index contributed by atoms with van der Waals surface area (Å²) >= 11 is 5.51. The normalized spacial score (nSPS) is 19.9. The van der Waals surface area contributed by atoms with E-state index in [2.05, 4.69) is 46.3 Å². The maximum atomic E-state index is 4.35. The third-order valence-corrected chi connectivity index (χ3v) is 5.99. The van der Waals surface area contributed by atoms with Crippen molar-refractivity contribution in [3.8, 4) is 0 Å². The number of aromatic nitrogens is 2. The summed E-state index contributed by atoms with van der Waals surface area (Å²) in [6.45, 7) is 4.37. The predicted octanol–water partition coefficient (Wildman–Crippen LogP) is 4.28. The second kappa shape index (κ2) is 5.62. The average molecular weight is 354 g/mol. The zero-order valence-corrected chi connectivity index (χ0v) is 14.5. The molecule has 0 fully saturated rings. The SMILES string of the molecule is Cc1c(C(C)NC2CCCc3sc(Br)cc32)cnn1C. The van der Waals surface area contributed by atoms with Crippen molar-refractivity contribution in [1.29, 1.82) is 0 Å². The van der Waals surface area contributed by atoms with Crippen LogP contribution in [-0.4, -0.2) is 9.78 Å². The van der Waals surface area contributed by atoms with E-state index in [4.69, 9.17) is 0 Å². The Bertz CT molecular complexity index is 617. The molecule has 5 heteroatoms. The Morgan fingerprint density at radius 1 is 1.55 bits per heavy atom. The zero-order chi connectivity index (χ0) is 14.3. The van der Waals surface area contributed by atoms with E-state index in [0.29, 0.717) is 12.1 Å². The van der Waals surface area contributed by atoms with Crippen LogP contribution in [-0.2, 0) is 13.5 Å². The minimum atomic E-state index is 0.332. The zero-order valence-electron chi connectivity index (χ0n) is 12.1. The molecule has 3 nitrogen and oxygen atoms in total. The molecule has 2 unspecified atom stereocenters. The maximum absolute atomic E-state index is 4.35. The molecule has 108 valence electrons. The fraction of sp³-hybridized carbons (Fsp3) is 0.533. The molecular formula is C15H20BrN3S. The van der Waals surface area contributed by atoms with Crippen molar-refractivity contribution >= 4 is 27.3 Å². The molecular weight excluding hydrogens is 334 g/mol. The second-order valence-corrected chi connectivity index (χ2v) is 8.09. The van der Waals surface area contributed by atoms with Gasteiger partial charge in [-0.25, -0.2) is 0 Å². The van der Waals surface area contributed by atoms with Gasteiger partial charge in [-0.1, -0.05) is 0 Å². The molecule has 2 atom stereocenters. The van der Waals surface area contributed by atoms with Crippen molar-refractivity contribution in [2.75, 3.05) is 0 Å². The molecule has 1 aliphatic carbocycles. The number of nitrogens with one attached hydrogen (secondary N) is 1. The highest BCUT2D eigenvalue weighted by Gasteiger charge is 2.25. The molecule has 0 amide bonds. The lowest BCUT2D eigenvalue weighted by molar-refractivity contribution is 0.417. The molecule has 2 aromatic heterocycles. The van der Waals surface area contributed by atoms with Gasteiger partial charge in [-0.15, -0.1) is 11.3 Å². The summed E-state index contributed by atoms with van der Waals surface area (Å²) < 4.78 is 3.20. The number of rotatable bonds is 3. The van der Waals surface area contributed by atoms with Gasteiger partial charge in [0, 0.05) is 35.3 Å². The summed E-state index contributed by atoms with van der Waals surface area (Å²) in [5, 5.41) is 8.14. The molecule has 0 spiro atoms. The van der Waals surface area contributed by atoms with Crippen LogP contribution in [0, 0.1) is 6.92 Å². The van der Waals surface area contributed by atoms with Crippen molar-refractivity contribution in [3.63, 3.8) is 0 Å². The van der Waals surface area contributed by atoms with Crippen molar-refractivity contribution in [3.05, 3.63) is 37.7 Å². The van der Waals surface area contributed by atoms with Crippen LogP contribution in [0.3, 0.4) is 0 Å². The van der Waals surface area contributed by atoms with E-state index in [1.165, 1.54) is 44.7 Å². The third-order valence-electron chi connectivity index (χ3n) is 4.27. The van der Waals surface area contributed by atoms with Gasteiger partial charge >= 0.3 is 0 Å². The number of hydrogen-bond acceptors (Lipinski definition) is 3. The lowest BCUT2D eigenvalue weighted by atomic mass is 9.93. The van der Waals surface area contributed by atoms with Crippen molar-refractivity contribution in [2.24, 2.45) is 7.05 Å². The molecule has 0 aliphatic heterocycles. The maximum Gasteiger partial charge on any atom is 0.0704 e. The lowest BCUT2D eigenvalue weighted by Gasteiger charge is -2.27. The molecule has 0 saturated carbocycles. The molecule has 0 bridgehead atoms. The molecule has 0 aromatic carbocycles. The van der Waals surface area contributed by atoms with Crippen molar-refractivity contribution in [2.45, 2.75) is 45.2 Å². The van der Waals surface area contributed by atoms with Crippen LogP contribution in [0.4, 0.5) is 0 Å². The van der Waals surface area contributed by atoms with Crippen LogP contribution in [0.25, 0.3) is 0 Å². The van der Waals surface area contributed by atoms with E-state index in [9.17, 15) is 0 Å². The fourth-order valence-electron chi connectivity index (χ4n) is 3.03. The predicted molar refractivity (Wildman–Crippen MR) is 87.2 cm³/mol. The first-order chi connectivity index (χ1) is 9.56. The van der Waals surface area contributed by atoms with Crippen LogP contribution in [0.5, 0.6) is 0 Å². The molecule has 1 N–H and O–H groups in total. The van der Waals surface area contributed by atoms with E-state index in [0.717, 1.165) is 0 Å². The summed E-state index contributed by atoms with van der Waals surface area (Å²) in [5.41, 5.74) is 4.03. The summed E-state index contributed by atoms with van der Waals surface area (Å²) in [6, 6.07) is 3.09. The summed E-state index contributed by atoms with van der Waals surface area (Å²) in [7, 11) is 2.00. The number of fused-ring (bicyclic) bond motifs is 1. The van der Waals surface area contributed by atoms with Crippen molar-refractivity contribution < 1.29 is 0 Å². The van der Waals surface area contributed by atoms with Gasteiger partial charge in [-0.2, -0.15) is 5.10 Å². The molecule has 3 rings (SSSR count). The van der Waals surface area contributed by atoms with Gasteiger partial charge in [0.2, 0.25) is 0 Å². The second-order valence-electron chi connectivity index (χ2n) is 5.57. The Morgan fingerprint density at radius 3 is 3.05 bits per heavy atom. The van der Waals surface area contributed by atoms with E-state index >= 15 is 0 Å². The van der Waals surface area contributed by atoms with Crippen LogP contribution in [0.15, 0.2) is 16.0 Å². The minimum Gasteiger partial charge on any atom is -0.303 e. The van der Waals surface area contributed by atoms with Gasteiger partial charge in [0.1, 0.15) is 0 Å². The number of nitrogens with zero attached hydrogens (tertiary/aromatic N) is 2. The Balaban J connectivity index is 1.80. The molecule has 0 radical (unpaired) electrons. The molecule has 1 aliphatic rings. The van der Waals surface area contributed by atoms with Crippen molar-refractivity contribution in [1.82, 2.24) is 15.1 Å². The van der Waals surface area contributed by atoms with Crippen LogP contribution >= 0.6 is 27.3 Å². The van der Waals surface area contributed by atoms with Gasteiger partial charge in [-0.05, 0) is 60.7 Å². The van der Waals surface area contributed by atoms with E-state index in [1.54, 1.807) is 0 Å². The quantitative estimate of drug-likeness (QED) is 0.892. The average Bonchev–Trinajstić information content (AvgIpc) is 2.94. The standard InChI is InChI=1S/C15H20BrN3S/c1-9(12-8-17-19(3)10(12)2)18-13-5-4-6-14-11(13)7-15(16)20-14/h7-9,13,18H,4-6H2,1-3H3. The highest BCUT2D eigenvalue weighted by Crippen LogP contribution is 2.39. The smallest absolute Gasteiger partial charge is 0.0704 e. The lowest BCUT2D eigenvalue weighted by Crippen LogP contribution is -2.27. The first-order valence-corrected chi connectivity index (χ1v) is 8.70. The van der Waals surface area contributed by atoms with Crippen LogP contribution in [0.2, 0.25) is 0 Å². The Morgan fingerprint density at radius 2 is 2.35 bits per heavy atom. The van der Waals surface area contributed by atoms with E-state index in [-0.39, 0.29) is 0 Å². The van der Waals surface area contributed by atoms with Gasteiger partial charge < -0.3 is 5.32 Å². The molecule has 2 heterocycles. The van der Waals surface area contributed by atoms with E-state index < -0.39 is 0 Å². The first kappa shape index (κ1) is 14.3. The van der Waals surface area contributed by atoms with Gasteiger partial charge in [0.25, 0.3) is 0 Å². The minimum absolute atomic E-state index is 0.332.